The van der Waals surface area contributed by atoms with Crippen LogP contribution in [-0.4, -0.2) is 24.9 Å². The Morgan fingerprint density at radius 1 is 0.647 bits per heavy atom. The third kappa shape index (κ3) is 7.84. The lowest BCUT2D eigenvalue weighted by Gasteiger charge is -2.37. The van der Waals surface area contributed by atoms with E-state index in [2.05, 4.69) is 36.4 Å². The Morgan fingerprint density at radius 2 is 1.12 bits per heavy atom. The summed E-state index contributed by atoms with van der Waals surface area (Å²) in [6.07, 6.45) is 1.04. The quantitative estimate of drug-likeness (QED) is 0.337. The highest BCUT2D eigenvalue weighted by Gasteiger charge is 2.37. The van der Waals surface area contributed by atoms with Crippen LogP contribution in [0, 0.1) is 0 Å². The van der Waals surface area contributed by atoms with Crippen molar-refractivity contribution in [3.05, 3.63) is 120 Å². The van der Waals surface area contributed by atoms with Gasteiger partial charge < -0.3 is 18.9 Å². The maximum atomic E-state index is 6.39. The molecule has 1 heterocycles. The average Bonchev–Trinajstić information content (AvgIpc) is 2.91. The van der Waals surface area contributed by atoms with Gasteiger partial charge >= 0.3 is 0 Å². The van der Waals surface area contributed by atoms with Crippen molar-refractivity contribution in [3.8, 4) is 0 Å². The summed E-state index contributed by atoms with van der Waals surface area (Å²) in [7, 11) is 0. The predicted octanol–water partition coefficient (Wildman–Crippen LogP) is 6.70. The molecule has 0 saturated heterocycles. The normalized spacial score (nSPS) is 19.4. The zero-order chi connectivity index (χ0) is 24.0. The molecule has 0 N–H and O–H groups in total. The summed E-state index contributed by atoms with van der Waals surface area (Å²) in [5.74, 6) is 0. The Balaban J connectivity index is 0.00000158. The SMILES string of the molecule is CC.CC1=COC(COCc2ccccc2)C(OCc2ccccc2)C1OCc1ccccc1. The topological polar surface area (TPSA) is 36.9 Å². The van der Waals surface area contributed by atoms with E-state index in [9.17, 15) is 0 Å². The lowest BCUT2D eigenvalue weighted by Crippen LogP contribution is -2.47. The lowest BCUT2D eigenvalue weighted by atomic mass is 9.99. The number of hydrogen-bond donors (Lipinski definition) is 0. The van der Waals surface area contributed by atoms with Crippen LogP contribution in [0.4, 0.5) is 0 Å². The summed E-state index contributed by atoms with van der Waals surface area (Å²) in [5.41, 5.74) is 4.39. The van der Waals surface area contributed by atoms with Crippen LogP contribution in [0.15, 0.2) is 103 Å². The van der Waals surface area contributed by atoms with Crippen LogP contribution in [-0.2, 0) is 38.8 Å². The third-order valence-electron chi connectivity index (χ3n) is 5.49. The first-order valence-electron chi connectivity index (χ1n) is 12.0. The highest BCUT2D eigenvalue weighted by Crippen LogP contribution is 2.27. The Bertz CT molecular complexity index is 957. The van der Waals surface area contributed by atoms with Gasteiger partial charge in [0.2, 0.25) is 0 Å². The largest absolute Gasteiger partial charge is 0.493 e. The molecule has 0 bridgehead atoms. The van der Waals surface area contributed by atoms with Gasteiger partial charge in [0.15, 0.2) is 0 Å². The molecule has 1 aliphatic rings. The average molecular weight is 461 g/mol. The van der Waals surface area contributed by atoms with Crippen LogP contribution in [0.5, 0.6) is 0 Å². The van der Waals surface area contributed by atoms with Gasteiger partial charge in [-0.2, -0.15) is 0 Å². The van der Waals surface area contributed by atoms with Crippen LogP contribution >= 0.6 is 0 Å². The zero-order valence-corrected chi connectivity index (χ0v) is 20.4. The molecule has 0 radical (unpaired) electrons. The molecular weight excluding hydrogens is 424 g/mol. The second-order valence-corrected chi connectivity index (χ2v) is 8.02. The molecule has 3 atom stereocenters. The van der Waals surface area contributed by atoms with E-state index in [-0.39, 0.29) is 18.3 Å². The molecule has 0 spiro atoms. The Morgan fingerprint density at radius 3 is 1.65 bits per heavy atom. The van der Waals surface area contributed by atoms with Crippen molar-refractivity contribution in [2.45, 2.75) is 58.9 Å². The first-order chi connectivity index (χ1) is 16.8. The second kappa shape index (κ2) is 14.4. The smallest absolute Gasteiger partial charge is 0.150 e. The monoisotopic (exact) mass is 460 g/mol. The number of hydrogen-bond acceptors (Lipinski definition) is 4. The molecule has 4 rings (SSSR count). The fourth-order valence-electron chi connectivity index (χ4n) is 3.74. The van der Waals surface area contributed by atoms with Crippen molar-refractivity contribution >= 4 is 0 Å². The molecule has 34 heavy (non-hydrogen) atoms. The Kier molecular flexibility index (Phi) is 10.9. The number of ether oxygens (including phenoxy) is 4. The summed E-state index contributed by atoms with van der Waals surface area (Å²) in [5, 5.41) is 0. The predicted molar refractivity (Wildman–Crippen MR) is 136 cm³/mol. The molecule has 0 fully saturated rings. The van der Waals surface area contributed by atoms with E-state index >= 15 is 0 Å². The van der Waals surface area contributed by atoms with E-state index in [0.29, 0.717) is 26.4 Å². The number of benzene rings is 3. The minimum atomic E-state index is -0.278. The fourth-order valence-corrected chi connectivity index (χ4v) is 3.74. The van der Waals surface area contributed by atoms with Crippen LogP contribution in [0.25, 0.3) is 0 Å². The van der Waals surface area contributed by atoms with E-state index in [1.807, 2.05) is 75.4 Å². The van der Waals surface area contributed by atoms with E-state index in [0.717, 1.165) is 22.3 Å². The Hall–Kier alpha value is -2.92. The second-order valence-electron chi connectivity index (χ2n) is 8.02. The first kappa shape index (κ1) is 25.7. The zero-order valence-electron chi connectivity index (χ0n) is 20.4. The van der Waals surface area contributed by atoms with Gasteiger partial charge in [-0.3, -0.25) is 0 Å². The minimum Gasteiger partial charge on any atom is -0.493 e. The fraction of sp³-hybridized carbons (Fsp3) is 0.333. The minimum absolute atomic E-state index is 0.210. The highest BCUT2D eigenvalue weighted by atomic mass is 16.6. The maximum absolute atomic E-state index is 6.39. The summed E-state index contributed by atoms with van der Waals surface area (Å²) in [4.78, 5) is 0. The summed E-state index contributed by atoms with van der Waals surface area (Å²) >= 11 is 0. The molecule has 0 amide bonds. The van der Waals surface area contributed by atoms with Crippen molar-refractivity contribution in [2.75, 3.05) is 6.61 Å². The van der Waals surface area contributed by atoms with Crippen molar-refractivity contribution < 1.29 is 18.9 Å². The van der Waals surface area contributed by atoms with Crippen molar-refractivity contribution in [3.63, 3.8) is 0 Å². The van der Waals surface area contributed by atoms with Crippen molar-refractivity contribution in [1.82, 2.24) is 0 Å². The molecule has 1 aliphatic heterocycles. The molecule has 0 aromatic heterocycles. The van der Waals surface area contributed by atoms with Gasteiger partial charge in [0, 0.05) is 0 Å². The van der Waals surface area contributed by atoms with E-state index in [4.69, 9.17) is 18.9 Å². The van der Waals surface area contributed by atoms with Gasteiger partial charge in [-0.25, -0.2) is 0 Å². The van der Waals surface area contributed by atoms with Crippen LogP contribution in [0.2, 0.25) is 0 Å². The van der Waals surface area contributed by atoms with Gasteiger partial charge in [-0.15, -0.1) is 0 Å². The van der Waals surface area contributed by atoms with E-state index in [1.54, 1.807) is 6.26 Å². The first-order valence-corrected chi connectivity index (χ1v) is 12.0. The molecule has 4 heteroatoms. The summed E-state index contributed by atoms with van der Waals surface area (Å²) in [6, 6.07) is 30.5. The van der Waals surface area contributed by atoms with E-state index in [1.165, 1.54) is 0 Å². The van der Waals surface area contributed by atoms with Crippen molar-refractivity contribution in [2.24, 2.45) is 0 Å². The molecule has 0 saturated carbocycles. The molecular formula is C30H36O4. The van der Waals surface area contributed by atoms with Crippen molar-refractivity contribution in [1.29, 1.82) is 0 Å². The highest BCUT2D eigenvalue weighted by molar-refractivity contribution is 5.17. The third-order valence-corrected chi connectivity index (χ3v) is 5.49. The van der Waals surface area contributed by atoms with Gasteiger partial charge in [-0.05, 0) is 29.2 Å². The number of rotatable bonds is 10. The van der Waals surface area contributed by atoms with Crippen LogP contribution < -0.4 is 0 Å². The summed E-state index contributed by atoms with van der Waals surface area (Å²) < 4.78 is 24.8. The molecule has 180 valence electrons. The maximum Gasteiger partial charge on any atom is 0.150 e. The van der Waals surface area contributed by atoms with Crippen LogP contribution in [0.1, 0.15) is 37.5 Å². The standard InChI is InChI=1S/C28H30O4.C2H6/c1-22-17-30-26(21-29-18-23-11-5-2-6-12-23)28(32-20-25-15-9-4-10-16-25)27(22)31-19-24-13-7-3-8-14-24;1-2/h2-17,26-28H,18-21H2,1H3;1-2H3. The van der Waals surface area contributed by atoms with Gasteiger partial charge in [-0.1, -0.05) is 105 Å². The lowest BCUT2D eigenvalue weighted by molar-refractivity contribution is -0.151. The van der Waals surface area contributed by atoms with Crippen LogP contribution in [0.3, 0.4) is 0 Å². The molecule has 3 aromatic rings. The molecule has 4 nitrogen and oxygen atoms in total. The Labute approximate surface area is 204 Å². The van der Waals surface area contributed by atoms with E-state index < -0.39 is 0 Å². The molecule has 0 aliphatic carbocycles. The molecule has 3 unspecified atom stereocenters. The summed E-state index contributed by atoms with van der Waals surface area (Å²) in [6.45, 7) is 7.98. The van der Waals surface area contributed by atoms with Gasteiger partial charge in [0.25, 0.3) is 0 Å². The van der Waals surface area contributed by atoms with Gasteiger partial charge in [0.05, 0.1) is 32.7 Å². The van der Waals surface area contributed by atoms with Gasteiger partial charge in [0.1, 0.15) is 18.3 Å². The molecule has 3 aromatic carbocycles.